The number of amides is 1. The van der Waals surface area contributed by atoms with Gasteiger partial charge in [0.25, 0.3) is 5.91 Å². The van der Waals surface area contributed by atoms with Crippen molar-refractivity contribution in [2.75, 3.05) is 11.4 Å². The first-order valence-corrected chi connectivity index (χ1v) is 5.15. The van der Waals surface area contributed by atoms with Crippen LogP contribution in [0.1, 0.15) is 12.1 Å². The molecule has 1 aliphatic rings. The number of carbonyl (C=O) groups is 2. The van der Waals surface area contributed by atoms with Crippen molar-refractivity contribution in [3.63, 3.8) is 0 Å². The van der Waals surface area contributed by atoms with Crippen molar-refractivity contribution >= 4 is 17.6 Å². The highest BCUT2D eigenvalue weighted by molar-refractivity contribution is 6.14. The van der Waals surface area contributed by atoms with E-state index in [0.717, 1.165) is 5.69 Å². The Balaban J connectivity index is 2.29. The molecule has 6 nitrogen and oxygen atoms in total. The average molecular weight is 236 g/mol. The Hall–Kier alpha value is -1.95. The molecular formula is C11H12N2O4. The molecule has 2 heterocycles. The molecular weight excluding hydrogens is 224 g/mol. The summed E-state index contributed by atoms with van der Waals surface area (Å²) >= 11 is 0. The molecule has 0 unspecified atom stereocenters. The first-order valence-electron chi connectivity index (χ1n) is 5.15. The first-order chi connectivity index (χ1) is 7.95. The molecule has 0 spiro atoms. The van der Waals surface area contributed by atoms with Gasteiger partial charge in [0.15, 0.2) is 0 Å². The Morgan fingerprint density at radius 1 is 1.53 bits per heavy atom. The van der Waals surface area contributed by atoms with Crippen LogP contribution in [0.2, 0.25) is 0 Å². The van der Waals surface area contributed by atoms with Gasteiger partial charge in [0.05, 0.1) is 11.9 Å². The molecule has 2 rings (SSSR count). The Morgan fingerprint density at radius 2 is 2.24 bits per heavy atom. The fourth-order valence-electron chi connectivity index (χ4n) is 1.77. The van der Waals surface area contributed by atoms with Gasteiger partial charge in [0.2, 0.25) is 5.60 Å². The third kappa shape index (κ3) is 1.76. The zero-order valence-corrected chi connectivity index (χ0v) is 9.25. The molecule has 1 fully saturated rings. The number of carboxylic acid groups (broad SMARTS) is 1. The van der Waals surface area contributed by atoms with Gasteiger partial charge >= 0.3 is 5.97 Å². The molecule has 0 radical (unpaired) electrons. The number of nitrogens with zero attached hydrogens (tertiary/aromatic N) is 2. The van der Waals surface area contributed by atoms with E-state index in [1.165, 1.54) is 11.1 Å². The molecule has 1 amide bonds. The van der Waals surface area contributed by atoms with Gasteiger partial charge < -0.3 is 15.1 Å². The van der Waals surface area contributed by atoms with E-state index in [1.54, 1.807) is 12.1 Å². The summed E-state index contributed by atoms with van der Waals surface area (Å²) in [4.78, 5) is 27.9. The second-order valence-electron chi connectivity index (χ2n) is 4.03. The lowest BCUT2D eigenvalue weighted by atomic mass is 10.0. The monoisotopic (exact) mass is 236 g/mol. The summed E-state index contributed by atoms with van der Waals surface area (Å²) in [5, 5.41) is 18.6. The molecule has 1 aliphatic heterocycles. The summed E-state index contributed by atoms with van der Waals surface area (Å²) < 4.78 is 0. The highest BCUT2D eigenvalue weighted by atomic mass is 16.4. The summed E-state index contributed by atoms with van der Waals surface area (Å²) in [5.41, 5.74) is -1.00. The standard InChI is InChI=1S/C11H12N2O4/c1-7-2-3-8(6-12-7)13-5-4-11(17,9(13)14)10(15)16/h2-3,6,17H,4-5H2,1H3,(H,15,16)/t11-/m1/s1. The number of rotatable bonds is 2. The minimum absolute atomic E-state index is 0.116. The Morgan fingerprint density at radius 3 is 2.71 bits per heavy atom. The molecule has 1 aromatic heterocycles. The van der Waals surface area contributed by atoms with Crippen LogP contribution in [0.15, 0.2) is 18.3 Å². The van der Waals surface area contributed by atoms with Crippen molar-refractivity contribution in [1.82, 2.24) is 4.98 Å². The number of carbonyl (C=O) groups excluding carboxylic acids is 1. The summed E-state index contributed by atoms with van der Waals surface area (Å²) in [6.45, 7) is 1.98. The lowest BCUT2D eigenvalue weighted by Gasteiger charge is -2.18. The van der Waals surface area contributed by atoms with E-state index >= 15 is 0 Å². The molecule has 0 aliphatic carbocycles. The second kappa shape index (κ2) is 3.81. The van der Waals surface area contributed by atoms with Gasteiger partial charge in [-0.05, 0) is 19.1 Å². The number of hydrogen-bond donors (Lipinski definition) is 2. The minimum atomic E-state index is -2.30. The largest absolute Gasteiger partial charge is 0.479 e. The third-order valence-corrected chi connectivity index (χ3v) is 2.86. The van der Waals surface area contributed by atoms with Gasteiger partial charge in [-0.2, -0.15) is 0 Å². The number of hydrogen-bond acceptors (Lipinski definition) is 4. The molecule has 1 saturated heterocycles. The molecule has 17 heavy (non-hydrogen) atoms. The third-order valence-electron chi connectivity index (χ3n) is 2.86. The SMILES string of the molecule is Cc1ccc(N2CC[C@](O)(C(=O)O)C2=O)cn1. The van der Waals surface area contributed by atoms with Crippen LogP contribution in [0.4, 0.5) is 5.69 Å². The highest BCUT2D eigenvalue weighted by Crippen LogP contribution is 2.28. The van der Waals surface area contributed by atoms with Crippen molar-refractivity contribution in [1.29, 1.82) is 0 Å². The highest BCUT2D eigenvalue weighted by Gasteiger charge is 2.52. The zero-order valence-electron chi connectivity index (χ0n) is 9.25. The quantitative estimate of drug-likeness (QED) is 0.702. The summed E-state index contributed by atoms with van der Waals surface area (Å²) in [6, 6.07) is 3.40. The fourth-order valence-corrected chi connectivity index (χ4v) is 1.77. The van der Waals surface area contributed by atoms with Gasteiger partial charge in [-0.3, -0.25) is 9.78 Å². The van der Waals surface area contributed by atoms with Crippen LogP contribution in [0.5, 0.6) is 0 Å². The van der Waals surface area contributed by atoms with Crippen molar-refractivity contribution < 1.29 is 19.8 Å². The van der Waals surface area contributed by atoms with Crippen LogP contribution in [0.3, 0.4) is 0 Å². The number of aromatic nitrogens is 1. The predicted octanol–water partition coefficient (Wildman–Crippen LogP) is -0.0576. The van der Waals surface area contributed by atoms with Crippen molar-refractivity contribution in [2.24, 2.45) is 0 Å². The molecule has 0 bridgehead atoms. The van der Waals surface area contributed by atoms with Crippen LogP contribution >= 0.6 is 0 Å². The minimum Gasteiger partial charge on any atom is -0.479 e. The van der Waals surface area contributed by atoms with Crippen LogP contribution in [0.25, 0.3) is 0 Å². The van der Waals surface area contributed by atoms with E-state index in [-0.39, 0.29) is 13.0 Å². The van der Waals surface area contributed by atoms with Gasteiger partial charge in [0, 0.05) is 18.7 Å². The first kappa shape index (κ1) is 11.5. The van der Waals surface area contributed by atoms with Crippen LogP contribution in [-0.2, 0) is 9.59 Å². The Kier molecular flexibility index (Phi) is 2.59. The Labute approximate surface area is 97.5 Å². The van der Waals surface area contributed by atoms with Gasteiger partial charge in [0.1, 0.15) is 0 Å². The zero-order chi connectivity index (χ0) is 12.6. The number of anilines is 1. The van der Waals surface area contributed by atoms with Crippen molar-refractivity contribution in [2.45, 2.75) is 18.9 Å². The number of pyridine rings is 1. The van der Waals surface area contributed by atoms with Crippen LogP contribution in [-0.4, -0.2) is 39.2 Å². The van der Waals surface area contributed by atoms with Gasteiger partial charge in [-0.15, -0.1) is 0 Å². The molecule has 90 valence electrons. The summed E-state index contributed by atoms with van der Waals surface area (Å²) in [7, 11) is 0. The lowest BCUT2D eigenvalue weighted by Crippen LogP contribution is -2.46. The smallest absolute Gasteiger partial charge is 0.345 e. The average Bonchev–Trinajstić information content (AvgIpc) is 2.59. The van der Waals surface area contributed by atoms with E-state index in [4.69, 9.17) is 5.11 Å². The molecule has 0 saturated carbocycles. The van der Waals surface area contributed by atoms with Gasteiger partial charge in [-0.25, -0.2) is 4.79 Å². The molecule has 6 heteroatoms. The topological polar surface area (TPSA) is 90.7 Å². The van der Waals surface area contributed by atoms with Crippen LogP contribution < -0.4 is 4.90 Å². The predicted molar refractivity (Wildman–Crippen MR) is 58.5 cm³/mol. The normalized spacial score (nSPS) is 24.1. The van der Waals surface area contributed by atoms with Crippen molar-refractivity contribution in [3.05, 3.63) is 24.0 Å². The lowest BCUT2D eigenvalue weighted by molar-refractivity contribution is -0.162. The fraction of sp³-hybridized carbons (Fsp3) is 0.364. The molecule has 0 aromatic carbocycles. The molecule has 2 N–H and O–H groups in total. The molecule has 1 atom stereocenters. The van der Waals surface area contributed by atoms with E-state index in [2.05, 4.69) is 4.98 Å². The summed E-state index contributed by atoms with van der Waals surface area (Å²) in [5.74, 6) is -2.32. The number of carboxylic acids is 1. The summed E-state index contributed by atoms with van der Waals surface area (Å²) in [6.07, 6.45) is 1.37. The van der Waals surface area contributed by atoms with Gasteiger partial charge in [-0.1, -0.05) is 0 Å². The maximum absolute atomic E-state index is 11.8. The number of aliphatic carboxylic acids is 1. The van der Waals surface area contributed by atoms with Crippen LogP contribution in [0, 0.1) is 6.92 Å². The van der Waals surface area contributed by atoms with E-state index in [0.29, 0.717) is 5.69 Å². The van der Waals surface area contributed by atoms with E-state index in [9.17, 15) is 14.7 Å². The number of aliphatic hydroxyl groups is 1. The second-order valence-corrected chi connectivity index (χ2v) is 4.03. The maximum Gasteiger partial charge on any atom is 0.345 e. The Bertz CT molecular complexity index is 471. The number of aryl methyl sites for hydroxylation is 1. The van der Waals surface area contributed by atoms with E-state index < -0.39 is 17.5 Å². The van der Waals surface area contributed by atoms with Crippen molar-refractivity contribution in [3.8, 4) is 0 Å². The van der Waals surface area contributed by atoms with E-state index in [1.807, 2.05) is 6.92 Å². The maximum atomic E-state index is 11.8. The molecule has 1 aromatic rings.